The van der Waals surface area contributed by atoms with E-state index in [0.29, 0.717) is 5.41 Å². The third kappa shape index (κ3) is 2.97. The summed E-state index contributed by atoms with van der Waals surface area (Å²) in [7, 11) is 0. The van der Waals surface area contributed by atoms with Crippen LogP contribution in [0.3, 0.4) is 0 Å². The lowest BCUT2D eigenvalue weighted by atomic mass is 9.68. The van der Waals surface area contributed by atoms with E-state index in [-0.39, 0.29) is 0 Å². The van der Waals surface area contributed by atoms with Crippen LogP contribution in [0.25, 0.3) is 0 Å². The van der Waals surface area contributed by atoms with Crippen molar-refractivity contribution < 1.29 is 0 Å². The summed E-state index contributed by atoms with van der Waals surface area (Å²) >= 11 is 3.60. The van der Waals surface area contributed by atoms with E-state index < -0.39 is 0 Å². The van der Waals surface area contributed by atoms with Crippen molar-refractivity contribution in [1.29, 1.82) is 0 Å². The highest BCUT2D eigenvalue weighted by molar-refractivity contribution is 9.09. The highest BCUT2D eigenvalue weighted by Crippen LogP contribution is 2.42. The zero-order valence-corrected chi connectivity index (χ0v) is 10.9. The minimum atomic E-state index is 0.581. The van der Waals surface area contributed by atoms with E-state index in [9.17, 15) is 0 Å². The average molecular weight is 247 g/mol. The molecular formula is C12H23Br. The van der Waals surface area contributed by atoms with Crippen molar-refractivity contribution in [3.8, 4) is 0 Å². The summed E-state index contributed by atoms with van der Waals surface area (Å²) in [6.45, 7) is 7.20. The zero-order valence-electron chi connectivity index (χ0n) is 9.28. The fraction of sp³-hybridized carbons (Fsp3) is 1.00. The second-order valence-corrected chi connectivity index (χ2v) is 5.86. The van der Waals surface area contributed by atoms with Gasteiger partial charge < -0.3 is 0 Å². The van der Waals surface area contributed by atoms with Crippen LogP contribution in [0.15, 0.2) is 0 Å². The van der Waals surface area contributed by atoms with Gasteiger partial charge in [-0.3, -0.25) is 0 Å². The highest BCUT2D eigenvalue weighted by atomic mass is 79.9. The molecule has 0 unspecified atom stereocenters. The molecule has 1 fully saturated rings. The maximum absolute atomic E-state index is 3.60. The molecule has 13 heavy (non-hydrogen) atoms. The van der Waals surface area contributed by atoms with Gasteiger partial charge in [0, 0.05) is 5.33 Å². The van der Waals surface area contributed by atoms with E-state index >= 15 is 0 Å². The van der Waals surface area contributed by atoms with E-state index in [2.05, 4.69) is 36.7 Å². The minimum Gasteiger partial charge on any atom is -0.0925 e. The predicted octanol–water partition coefficient (Wildman–Crippen LogP) is 4.62. The largest absolute Gasteiger partial charge is 0.0925 e. The van der Waals surface area contributed by atoms with Crippen LogP contribution in [0.1, 0.15) is 52.9 Å². The van der Waals surface area contributed by atoms with Crippen LogP contribution in [0.4, 0.5) is 0 Å². The first-order chi connectivity index (χ1) is 6.10. The molecule has 0 aliphatic heterocycles. The Morgan fingerprint density at radius 3 is 2.08 bits per heavy atom. The summed E-state index contributed by atoms with van der Waals surface area (Å²) in [5.74, 6) is 1.94. The van der Waals surface area contributed by atoms with Crippen LogP contribution in [0, 0.1) is 17.3 Å². The van der Waals surface area contributed by atoms with Crippen LogP contribution in [0.5, 0.6) is 0 Å². The summed E-state index contributed by atoms with van der Waals surface area (Å²) in [6, 6.07) is 0. The molecule has 0 aromatic rings. The molecule has 0 nitrogen and oxygen atoms in total. The van der Waals surface area contributed by atoms with E-state index in [1.165, 1.54) is 37.4 Å². The maximum atomic E-state index is 3.60. The number of halogens is 1. The van der Waals surface area contributed by atoms with Gasteiger partial charge in [0.1, 0.15) is 0 Å². The Morgan fingerprint density at radius 2 is 1.69 bits per heavy atom. The molecule has 0 amide bonds. The molecule has 0 atom stereocenters. The molecule has 0 heterocycles. The molecule has 1 rings (SSSR count). The van der Waals surface area contributed by atoms with Gasteiger partial charge in [0.15, 0.2) is 0 Å². The number of rotatable bonds is 3. The molecule has 78 valence electrons. The first kappa shape index (κ1) is 11.6. The lowest BCUT2D eigenvalue weighted by molar-refractivity contribution is 0.134. The van der Waals surface area contributed by atoms with Gasteiger partial charge in [0.05, 0.1) is 0 Å². The van der Waals surface area contributed by atoms with Crippen LogP contribution in [-0.2, 0) is 0 Å². The molecule has 1 saturated carbocycles. The molecule has 0 saturated heterocycles. The van der Waals surface area contributed by atoms with Crippen molar-refractivity contribution in [2.75, 3.05) is 5.33 Å². The van der Waals surface area contributed by atoms with Gasteiger partial charge in [-0.15, -0.1) is 0 Å². The number of hydrogen-bond donors (Lipinski definition) is 0. The summed E-state index contributed by atoms with van der Waals surface area (Å²) in [4.78, 5) is 0. The zero-order chi connectivity index (χ0) is 9.90. The highest BCUT2D eigenvalue weighted by Gasteiger charge is 2.31. The van der Waals surface area contributed by atoms with Crippen LogP contribution < -0.4 is 0 Å². The molecule has 1 aliphatic rings. The van der Waals surface area contributed by atoms with Crippen molar-refractivity contribution in [2.24, 2.45) is 17.3 Å². The number of hydrogen-bond acceptors (Lipinski definition) is 0. The van der Waals surface area contributed by atoms with Crippen LogP contribution in [0.2, 0.25) is 0 Å². The van der Waals surface area contributed by atoms with Crippen molar-refractivity contribution in [1.82, 2.24) is 0 Å². The van der Waals surface area contributed by atoms with Gasteiger partial charge in [-0.05, 0) is 42.9 Å². The van der Waals surface area contributed by atoms with Crippen molar-refractivity contribution in [2.45, 2.75) is 52.9 Å². The Hall–Kier alpha value is 0.480. The molecule has 0 aromatic heterocycles. The molecule has 0 spiro atoms. The summed E-state index contributed by atoms with van der Waals surface area (Å²) < 4.78 is 0. The van der Waals surface area contributed by atoms with Gasteiger partial charge >= 0.3 is 0 Å². The van der Waals surface area contributed by atoms with Gasteiger partial charge in [-0.1, -0.05) is 43.1 Å². The lowest BCUT2D eigenvalue weighted by Crippen LogP contribution is -2.28. The van der Waals surface area contributed by atoms with Gasteiger partial charge in [0.25, 0.3) is 0 Å². The SMILES string of the molecule is CCC(C)(C)C1CCC(CBr)CC1. The first-order valence-electron chi connectivity index (χ1n) is 5.66. The number of alkyl halides is 1. The van der Waals surface area contributed by atoms with E-state index in [1.807, 2.05) is 0 Å². The van der Waals surface area contributed by atoms with Crippen LogP contribution >= 0.6 is 15.9 Å². The summed E-state index contributed by atoms with van der Waals surface area (Å²) in [5, 5.41) is 1.21. The van der Waals surface area contributed by atoms with Gasteiger partial charge in [0.2, 0.25) is 0 Å². The second-order valence-electron chi connectivity index (χ2n) is 5.21. The maximum Gasteiger partial charge on any atom is 0.00596 e. The van der Waals surface area contributed by atoms with Crippen molar-refractivity contribution in [3.05, 3.63) is 0 Å². The quantitative estimate of drug-likeness (QED) is 0.638. The Labute approximate surface area is 91.6 Å². The molecule has 1 aliphatic carbocycles. The van der Waals surface area contributed by atoms with Crippen molar-refractivity contribution in [3.63, 3.8) is 0 Å². The van der Waals surface area contributed by atoms with Gasteiger partial charge in [-0.25, -0.2) is 0 Å². The molecule has 0 aromatic carbocycles. The normalized spacial score (nSPS) is 30.5. The van der Waals surface area contributed by atoms with E-state index in [0.717, 1.165) is 11.8 Å². The fourth-order valence-electron chi connectivity index (χ4n) is 2.39. The fourth-order valence-corrected chi connectivity index (χ4v) is 3.03. The Morgan fingerprint density at radius 1 is 1.15 bits per heavy atom. The third-order valence-electron chi connectivity index (χ3n) is 4.08. The smallest absolute Gasteiger partial charge is 0.00596 e. The Balaban J connectivity index is 2.40. The monoisotopic (exact) mass is 246 g/mol. The standard InChI is InChI=1S/C12H23Br/c1-4-12(2,3)11-7-5-10(9-13)6-8-11/h10-11H,4-9H2,1-3H3. The first-order valence-corrected chi connectivity index (χ1v) is 6.78. The predicted molar refractivity (Wildman–Crippen MR) is 63.3 cm³/mol. The summed E-state index contributed by atoms with van der Waals surface area (Å²) in [5.41, 5.74) is 0.581. The lowest BCUT2D eigenvalue weighted by Gasteiger charge is -2.38. The molecule has 0 N–H and O–H groups in total. The van der Waals surface area contributed by atoms with E-state index in [4.69, 9.17) is 0 Å². The van der Waals surface area contributed by atoms with E-state index in [1.54, 1.807) is 0 Å². The average Bonchev–Trinajstić information content (AvgIpc) is 2.18. The van der Waals surface area contributed by atoms with Crippen LogP contribution in [-0.4, -0.2) is 5.33 Å². The molecule has 0 radical (unpaired) electrons. The Bertz CT molecular complexity index is 143. The molecule has 0 bridgehead atoms. The molecular weight excluding hydrogens is 224 g/mol. The summed E-state index contributed by atoms with van der Waals surface area (Å²) in [6.07, 6.45) is 7.13. The van der Waals surface area contributed by atoms with Crippen molar-refractivity contribution >= 4 is 15.9 Å². The molecule has 1 heteroatoms. The third-order valence-corrected chi connectivity index (χ3v) is 5.00. The second kappa shape index (κ2) is 4.82. The topological polar surface area (TPSA) is 0 Å². The minimum absolute atomic E-state index is 0.581. The van der Waals surface area contributed by atoms with Gasteiger partial charge in [-0.2, -0.15) is 0 Å². The Kier molecular flexibility index (Phi) is 4.28.